The highest BCUT2D eigenvalue weighted by atomic mass is 14.3. The van der Waals surface area contributed by atoms with Crippen molar-refractivity contribution in [1.29, 1.82) is 0 Å². The molecule has 0 saturated carbocycles. The minimum Gasteiger partial charge on any atom is -0.0654 e. The maximum Gasteiger partial charge on any atom is -0.0328 e. The second-order valence-electron chi connectivity index (χ2n) is 13.9. The van der Waals surface area contributed by atoms with Gasteiger partial charge in [-0.3, -0.25) is 0 Å². The van der Waals surface area contributed by atoms with E-state index in [1.165, 1.54) is 122 Å². The maximum atomic E-state index is 2.58. The van der Waals surface area contributed by atoms with Crippen LogP contribution in [0.5, 0.6) is 0 Å². The lowest BCUT2D eigenvalue weighted by molar-refractivity contribution is 0.179. The third-order valence-electron chi connectivity index (χ3n) is 8.33. The lowest BCUT2D eigenvalue weighted by atomic mass is 9.71. The molecule has 2 unspecified atom stereocenters. The van der Waals surface area contributed by atoms with Crippen LogP contribution in [0.25, 0.3) is 0 Å². The summed E-state index contributed by atoms with van der Waals surface area (Å²) in [5, 5.41) is 0. The van der Waals surface area contributed by atoms with Crippen molar-refractivity contribution in [3.63, 3.8) is 0 Å². The van der Waals surface area contributed by atoms with Gasteiger partial charge in [0.05, 0.1) is 0 Å². The largest absolute Gasteiger partial charge is 0.0654 e. The topological polar surface area (TPSA) is 0 Å². The molecular weight excluding hydrogens is 384 g/mol. The molecule has 0 rings (SSSR count). The fourth-order valence-corrected chi connectivity index (χ4v) is 5.05. The van der Waals surface area contributed by atoms with Crippen LogP contribution in [-0.4, -0.2) is 0 Å². The van der Waals surface area contributed by atoms with Crippen molar-refractivity contribution in [3.05, 3.63) is 0 Å². The monoisotopic (exact) mass is 451 g/mol. The van der Waals surface area contributed by atoms with Gasteiger partial charge in [0.2, 0.25) is 0 Å². The SMILES string of the molecule is CCCCCCC(C)CCC(C)(CC)CCC(C)(C)CCCCCCCCCC(C)(C)C. The normalized spacial score (nSPS) is 15.7. The first kappa shape index (κ1) is 32.0. The van der Waals surface area contributed by atoms with E-state index in [2.05, 4.69) is 62.3 Å². The average molecular weight is 451 g/mol. The highest BCUT2D eigenvalue weighted by Gasteiger charge is 2.27. The molecule has 0 aliphatic carbocycles. The second kappa shape index (κ2) is 17.4. The van der Waals surface area contributed by atoms with Crippen LogP contribution in [0, 0.1) is 22.2 Å². The van der Waals surface area contributed by atoms with Gasteiger partial charge in [-0.25, -0.2) is 0 Å². The smallest absolute Gasteiger partial charge is 0.0328 e. The van der Waals surface area contributed by atoms with Gasteiger partial charge in [0.15, 0.2) is 0 Å². The van der Waals surface area contributed by atoms with E-state index in [1.807, 2.05) is 0 Å². The molecule has 0 aliphatic rings. The van der Waals surface area contributed by atoms with E-state index < -0.39 is 0 Å². The summed E-state index contributed by atoms with van der Waals surface area (Å²) in [5.74, 6) is 0.916. The summed E-state index contributed by atoms with van der Waals surface area (Å²) in [5.41, 5.74) is 1.60. The van der Waals surface area contributed by atoms with Gasteiger partial charge < -0.3 is 0 Å². The van der Waals surface area contributed by atoms with Crippen LogP contribution in [-0.2, 0) is 0 Å². The quantitative estimate of drug-likeness (QED) is 0.152. The van der Waals surface area contributed by atoms with Crippen LogP contribution in [0.3, 0.4) is 0 Å². The van der Waals surface area contributed by atoms with Crippen LogP contribution in [0.15, 0.2) is 0 Å². The number of rotatable bonds is 21. The molecule has 0 saturated heterocycles. The number of hydrogen-bond acceptors (Lipinski definition) is 0. The van der Waals surface area contributed by atoms with Gasteiger partial charge in [-0.15, -0.1) is 0 Å². The summed E-state index contributed by atoms with van der Waals surface area (Å²) in [7, 11) is 0. The first-order chi connectivity index (χ1) is 14.9. The Morgan fingerprint density at radius 3 is 1.56 bits per heavy atom. The lowest BCUT2D eigenvalue weighted by Crippen LogP contribution is -2.21. The third kappa shape index (κ3) is 19.5. The Hall–Kier alpha value is 0. The Labute approximate surface area is 206 Å². The van der Waals surface area contributed by atoms with E-state index in [1.54, 1.807) is 0 Å². The molecule has 0 spiro atoms. The molecule has 0 radical (unpaired) electrons. The van der Waals surface area contributed by atoms with Gasteiger partial charge in [0, 0.05) is 0 Å². The van der Waals surface area contributed by atoms with Crippen molar-refractivity contribution in [3.8, 4) is 0 Å². The molecule has 2 atom stereocenters. The Bertz CT molecular complexity index is 412. The average Bonchev–Trinajstić information content (AvgIpc) is 2.72. The molecule has 0 aliphatic heterocycles. The van der Waals surface area contributed by atoms with Gasteiger partial charge in [-0.2, -0.15) is 0 Å². The van der Waals surface area contributed by atoms with Gasteiger partial charge in [-0.1, -0.05) is 152 Å². The summed E-state index contributed by atoms with van der Waals surface area (Å²) in [6.07, 6.45) is 27.1. The predicted molar refractivity (Wildman–Crippen MR) is 150 cm³/mol. The summed E-state index contributed by atoms with van der Waals surface area (Å²) in [6, 6.07) is 0. The number of hydrogen-bond donors (Lipinski definition) is 0. The minimum atomic E-state index is 0.520. The minimum absolute atomic E-state index is 0.520. The molecule has 0 nitrogen and oxygen atoms in total. The van der Waals surface area contributed by atoms with Crippen molar-refractivity contribution in [1.82, 2.24) is 0 Å². The second-order valence-corrected chi connectivity index (χ2v) is 13.9. The standard InChI is InChI=1S/C32H66/c1-10-12-13-19-22-29(3)23-26-32(9,11-2)28-27-31(7,8)25-21-18-16-14-15-17-20-24-30(4,5)6/h29H,10-28H2,1-9H3. The van der Waals surface area contributed by atoms with Gasteiger partial charge in [-0.05, 0) is 54.3 Å². The van der Waals surface area contributed by atoms with E-state index >= 15 is 0 Å². The van der Waals surface area contributed by atoms with Crippen LogP contribution >= 0.6 is 0 Å². The van der Waals surface area contributed by atoms with Gasteiger partial charge in [0.1, 0.15) is 0 Å². The van der Waals surface area contributed by atoms with E-state index in [9.17, 15) is 0 Å². The summed E-state index contributed by atoms with van der Waals surface area (Å²) >= 11 is 0. The molecule has 0 aromatic heterocycles. The first-order valence-corrected chi connectivity index (χ1v) is 14.9. The van der Waals surface area contributed by atoms with Crippen LogP contribution in [0.2, 0.25) is 0 Å². The highest BCUT2D eigenvalue weighted by Crippen LogP contribution is 2.40. The molecular formula is C32H66. The van der Waals surface area contributed by atoms with E-state index in [0.29, 0.717) is 16.2 Å². The lowest BCUT2D eigenvalue weighted by Gasteiger charge is -2.34. The Kier molecular flexibility index (Phi) is 17.4. The Balaban J connectivity index is 3.97. The van der Waals surface area contributed by atoms with Crippen molar-refractivity contribution >= 4 is 0 Å². The third-order valence-corrected chi connectivity index (χ3v) is 8.33. The highest BCUT2D eigenvalue weighted by molar-refractivity contribution is 4.79. The zero-order valence-corrected chi connectivity index (χ0v) is 24.5. The Morgan fingerprint density at radius 1 is 0.500 bits per heavy atom. The fraction of sp³-hybridized carbons (Fsp3) is 1.00. The maximum absolute atomic E-state index is 2.58. The molecule has 0 fully saturated rings. The molecule has 0 heterocycles. The zero-order chi connectivity index (χ0) is 24.5. The molecule has 0 amide bonds. The van der Waals surface area contributed by atoms with Crippen molar-refractivity contribution in [2.45, 2.75) is 184 Å². The van der Waals surface area contributed by atoms with Crippen LogP contribution < -0.4 is 0 Å². The van der Waals surface area contributed by atoms with Crippen LogP contribution in [0.1, 0.15) is 184 Å². The fourth-order valence-electron chi connectivity index (χ4n) is 5.05. The zero-order valence-electron chi connectivity index (χ0n) is 24.5. The summed E-state index contributed by atoms with van der Waals surface area (Å²) < 4.78 is 0. The predicted octanol–water partition coefficient (Wildman–Crippen LogP) is 12.2. The van der Waals surface area contributed by atoms with Gasteiger partial charge in [0.25, 0.3) is 0 Å². The first-order valence-electron chi connectivity index (χ1n) is 14.9. The molecule has 0 N–H and O–H groups in total. The van der Waals surface area contributed by atoms with E-state index in [-0.39, 0.29) is 0 Å². The van der Waals surface area contributed by atoms with Crippen molar-refractivity contribution in [2.24, 2.45) is 22.2 Å². The summed E-state index contributed by atoms with van der Waals surface area (Å²) in [4.78, 5) is 0. The van der Waals surface area contributed by atoms with E-state index in [4.69, 9.17) is 0 Å². The molecule has 0 aromatic carbocycles. The van der Waals surface area contributed by atoms with E-state index in [0.717, 1.165) is 5.92 Å². The number of unbranched alkanes of at least 4 members (excludes halogenated alkanes) is 9. The molecule has 32 heavy (non-hydrogen) atoms. The van der Waals surface area contributed by atoms with Crippen molar-refractivity contribution in [2.75, 3.05) is 0 Å². The molecule has 0 heteroatoms. The van der Waals surface area contributed by atoms with Crippen molar-refractivity contribution < 1.29 is 0 Å². The Morgan fingerprint density at radius 2 is 1.03 bits per heavy atom. The molecule has 0 aromatic rings. The summed E-state index contributed by atoms with van der Waals surface area (Å²) in [6.45, 7) is 22.0. The molecule has 194 valence electrons. The van der Waals surface area contributed by atoms with Crippen LogP contribution in [0.4, 0.5) is 0 Å². The van der Waals surface area contributed by atoms with Gasteiger partial charge >= 0.3 is 0 Å². The molecule has 0 bridgehead atoms.